The van der Waals surface area contributed by atoms with Crippen LogP contribution in [0.25, 0.3) is 0 Å². The molecule has 2 aromatic rings. The van der Waals surface area contributed by atoms with Gasteiger partial charge >= 0.3 is 0 Å². The Kier molecular flexibility index (Phi) is 4.01. The van der Waals surface area contributed by atoms with Gasteiger partial charge in [-0.15, -0.1) is 0 Å². The lowest BCUT2D eigenvalue weighted by Gasteiger charge is -2.08. The Bertz CT molecular complexity index is 600. The largest absolute Gasteiger partial charge is 0.381 e. The number of aryl methyl sites for hydroxylation is 1. The van der Waals surface area contributed by atoms with E-state index in [2.05, 4.69) is 46.4 Å². The Labute approximate surface area is 115 Å². The summed E-state index contributed by atoms with van der Waals surface area (Å²) >= 11 is 3.51. The number of nitriles is 1. The zero-order chi connectivity index (χ0) is 13.0. The molecule has 2 nitrogen and oxygen atoms in total. The quantitative estimate of drug-likeness (QED) is 0.920. The number of hydrogen-bond donors (Lipinski definition) is 1. The average Bonchev–Trinajstić information content (AvgIpc) is 2.40. The zero-order valence-corrected chi connectivity index (χ0v) is 11.7. The van der Waals surface area contributed by atoms with Gasteiger partial charge in [0.15, 0.2) is 0 Å². The maximum Gasteiger partial charge on any atom is 0.0991 e. The minimum atomic E-state index is 0.694. The summed E-state index contributed by atoms with van der Waals surface area (Å²) in [4.78, 5) is 0. The molecule has 18 heavy (non-hydrogen) atoms. The molecule has 0 fully saturated rings. The molecule has 2 rings (SSSR count). The fourth-order valence-corrected chi connectivity index (χ4v) is 2.04. The summed E-state index contributed by atoms with van der Waals surface area (Å²) in [5.74, 6) is 0. The zero-order valence-electron chi connectivity index (χ0n) is 10.1. The highest BCUT2D eigenvalue weighted by Crippen LogP contribution is 2.21. The average molecular weight is 301 g/mol. The summed E-state index contributed by atoms with van der Waals surface area (Å²) in [5, 5.41) is 12.2. The molecular formula is C15H13BrN2. The van der Waals surface area contributed by atoms with E-state index in [4.69, 9.17) is 5.26 Å². The summed E-state index contributed by atoms with van der Waals surface area (Å²) in [6.45, 7) is 2.77. The van der Waals surface area contributed by atoms with Crippen molar-refractivity contribution in [2.24, 2.45) is 0 Å². The second kappa shape index (κ2) is 5.70. The second-order valence-corrected chi connectivity index (χ2v) is 4.98. The van der Waals surface area contributed by atoms with Crippen molar-refractivity contribution in [1.82, 2.24) is 0 Å². The van der Waals surface area contributed by atoms with E-state index in [0.29, 0.717) is 12.1 Å². The minimum Gasteiger partial charge on any atom is -0.381 e. The van der Waals surface area contributed by atoms with Gasteiger partial charge in [-0.1, -0.05) is 34.1 Å². The molecule has 0 bridgehead atoms. The van der Waals surface area contributed by atoms with Gasteiger partial charge in [0, 0.05) is 16.7 Å². The topological polar surface area (TPSA) is 35.8 Å². The molecule has 0 atom stereocenters. The van der Waals surface area contributed by atoms with Crippen LogP contribution >= 0.6 is 15.9 Å². The van der Waals surface area contributed by atoms with Crippen LogP contribution in [0.2, 0.25) is 0 Å². The highest BCUT2D eigenvalue weighted by atomic mass is 79.9. The summed E-state index contributed by atoms with van der Waals surface area (Å²) in [6.07, 6.45) is 0. The van der Waals surface area contributed by atoms with Crippen LogP contribution in [0.4, 0.5) is 5.69 Å². The van der Waals surface area contributed by atoms with Gasteiger partial charge in [0.25, 0.3) is 0 Å². The van der Waals surface area contributed by atoms with Crippen LogP contribution in [0.3, 0.4) is 0 Å². The van der Waals surface area contributed by atoms with Crippen molar-refractivity contribution >= 4 is 21.6 Å². The van der Waals surface area contributed by atoms with Crippen molar-refractivity contribution in [2.75, 3.05) is 5.32 Å². The van der Waals surface area contributed by atoms with Crippen LogP contribution in [-0.2, 0) is 6.54 Å². The summed E-state index contributed by atoms with van der Waals surface area (Å²) in [5.41, 5.74) is 4.08. The van der Waals surface area contributed by atoms with Gasteiger partial charge in [0.05, 0.1) is 11.6 Å². The molecule has 0 saturated heterocycles. The number of benzene rings is 2. The molecule has 0 amide bonds. The molecule has 0 saturated carbocycles. The Balaban J connectivity index is 2.07. The van der Waals surface area contributed by atoms with E-state index in [9.17, 15) is 0 Å². The third-order valence-electron chi connectivity index (χ3n) is 2.72. The van der Waals surface area contributed by atoms with Crippen molar-refractivity contribution < 1.29 is 0 Å². The van der Waals surface area contributed by atoms with Crippen LogP contribution in [0.1, 0.15) is 16.7 Å². The lowest BCUT2D eigenvalue weighted by Crippen LogP contribution is -1.99. The van der Waals surface area contributed by atoms with Crippen molar-refractivity contribution in [2.45, 2.75) is 13.5 Å². The summed E-state index contributed by atoms with van der Waals surface area (Å²) < 4.78 is 1.10. The first-order valence-corrected chi connectivity index (χ1v) is 6.47. The first kappa shape index (κ1) is 12.7. The van der Waals surface area contributed by atoms with Gasteiger partial charge in [-0.25, -0.2) is 0 Å². The monoisotopic (exact) mass is 300 g/mol. The fraction of sp³-hybridized carbons (Fsp3) is 0.133. The molecule has 2 aromatic carbocycles. The van der Waals surface area contributed by atoms with Gasteiger partial charge in [-0.3, -0.25) is 0 Å². The molecule has 0 aliphatic heterocycles. The smallest absolute Gasteiger partial charge is 0.0991 e. The van der Waals surface area contributed by atoms with Gasteiger partial charge in [-0.2, -0.15) is 5.26 Å². The highest BCUT2D eigenvalue weighted by molar-refractivity contribution is 9.10. The van der Waals surface area contributed by atoms with Crippen LogP contribution in [0.5, 0.6) is 0 Å². The van der Waals surface area contributed by atoms with Crippen molar-refractivity contribution in [1.29, 1.82) is 5.26 Å². The molecule has 90 valence electrons. The Morgan fingerprint density at radius 2 is 2.06 bits per heavy atom. The Morgan fingerprint density at radius 1 is 1.22 bits per heavy atom. The number of hydrogen-bond acceptors (Lipinski definition) is 2. The minimum absolute atomic E-state index is 0.694. The highest BCUT2D eigenvalue weighted by Gasteiger charge is 1.98. The van der Waals surface area contributed by atoms with Crippen LogP contribution in [0, 0.1) is 18.3 Å². The SMILES string of the molecule is Cc1ccc(NCc2cccc(C#N)c2)cc1Br. The van der Waals surface area contributed by atoms with E-state index in [0.717, 1.165) is 15.7 Å². The maximum atomic E-state index is 8.84. The fourth-order valence-electron chi connectivity index (χ4n) is 1.66. The summed E-state index contributed by atoms with van der Waals surface area (Å²) in [7, 11) is 0. The van der Waals surface area contributed by atoms with E-state index >= 15 is 0 Å². The van der Waals surface area contributed by atoms with Crippen molar-refractivity contribution in [3.05, 3.63) is 63.6 Å². The third-order valence-corrected chi connectivity index (χ3v) is 3.58. The van der Waals surface area contributed by atoms with E-state index in [-0.39, 0.29) is 0 Å². The Hall–Kier alpha value is -1.79. The molecular weight excluding hydrogens is 288 g/mol. The van der Waals surface area contributed by atoms with E-state index in [1.54, 1.807) is 0 Å². The molecule has 0 spiro atoms. The van der Waals surface area contributed by atoms with Gasteiger partial charge in [0.1, 0.15) is 0 Å². The molecule has 0 heterocycles. The first-order chi connectivity index (χ1) is 8.69. The number of rotatable bonds is 3. The summed E-state index contributed by atoms with van der Waals surface area (Å²) in [6, 6.07) is 15.9. The lowest BCUT2D eigenvalue weighted by atomic mass is 10.1. The van der Waals surface area contributed by atoms with Gasteiger partial charge < -0.3 is 5.32 Å². The lowest BCUT2D eigenvalue weighted by molar-refractivity contribution is 1.14. The molecule has 0 radical (unpaired) electrons. The predicted octanol–water partition coefficient (Wildman–Crippen LogP) is 4.24. The van der Waals surface area contributed by atoms with E-state index in [1.807, 2.05) is 30.3 Å². The van der Waals surface area contributed by atoms with E-state index in [1.165, 1.54) is 5.56 Å². The number of nitrogens with one attached hydrogen (secondary N) is 1. The normalized spacial score (nSPS) is 9.83. The van der Waals surface area contributed by atoms with Crippen molar-refractivity contribution in [3.63, 3.8) is 0 Å². The number of nitrogens with zero attached hydrogens (tertiary/aromatic N) is 1. The third kappa shape index (κ3) is 3.12. The standard InChI is InChI=1S/C15H13BrN2/c1-11-5-6-14(8-15(11)16)18-10-13-4-2-3-12(7-13)9-17/h2-8,18H,10H2,1H3. The van der Waals surface area contributed by atoms with Gasteiger partial charge in [0.2, 0.25) is 0 Å². The molecule has 0 aliphatic rings. The van der Waals surface area contributed by atoms with Crippen LogP contribution < -0.4 is 5.32 Å². The van der Waals surface area contributed by atoms with E-state index < -0.39 is 0 Å². The molecule has 1 N–H and O–H groups in total. The molecule has 0 aromatic heterocycles. The molecule has 0 unspecified atom stereocenters. The van der Waals surface area contributed by atoms with Crippen LogP contribution in [0.15, 0.2) is 46.9 Å². The Morgan fingerprint density at radius 3 is 2.78 bits per heavy atom. The molecule has 0 aliphatic carbocycles. The maximum absolute atomic E-state index is 8.84. The van der Waals surface area contributed by atoms with Crippen LogP contribution in [-0.4, -0.2) is 0 Å². The first-order valence-electron chi connectivity index (χ1n) is 5.68. The second-order valence-electron chi connectivity index (χ2n) is 4.13. The van der Waals surface area contributed by atoms with Crippen molar-refractivity contribution in [3.8, 4) is 6.07 Å². The number of halogens is 1. The molecule has 3 heteroatoms. The number of anilines is 1. The predicted molar refractivity (Wildman–Crippen MR) is 77.4 cm³/mol. The van der Waals surface area contributed by atoms with Gasteiger partial charge in [-0.05, 0) is 42.3 Å².